The van der Waals surface area contributed by atoms with Gasteiger partial charge in [-0.3, -0.25) is 4.68 Å². The quantitative estimate of drug-likeness (QED) is 0.422. The average Bonchev–Trinajstić information content (AvgIpc) is 3.45. The molecule has 6 rings (SSSR count). The second-order valence-corrected chi connectivity index (χ2v) is 9.12. The maximum absolute atomic E-state index is 5.97. The van der Waals surface area contributed by atoms with Crippen LogP contribution in [0.3, 0.4) is 0 Å². The molecule has 5 aromatic heterocycles. The van der Waals surface area contributed by atoms with Crippen molar-refractivity contribution in [1.29, 1.82) is 0 Å². The Labute approximate surface area is 175 Å². The molecule has 1 aliphatic carbocycles. The summed E-state index contributed by atoms with van der Waals surface area (Å²) in [5.74, 6) is 2.69. The van der Waals surface area contributed by atoms with Crippen LogP contribution in [0.15, 0.2) is 35.3 Å². The molecule has 5 aromatic rings. The summed E-state index contributed by atoms with van der Waals surface area (Å²) in [5.41, 5.74) is 2.25. The minimum Gasteiger partial charge on any atom is -0.456 e. The standard InChI is InChI=1S/C20H17ClN6OS/c1-11-2-4-14-16(6-11)29-20-17(14)19-24-18(25-27(19)10-22-20)15-5-3-13(28-15)9-26-8-12(21)7-23-26/h3,5,7-8,10-11H,2,4,6,9H2,1H3. The maximum atomic E-state index is 5.97. The fourth-order valence-corrected chi connectivity index (χ4v) is 5.51. The zero-order chi connectivity index (χ0) is 19.5. The maximum Gasteiger partial charge on any atom is 0.217 e. The van der Waals surface area contributed by atoms with Crippen molar-refractivity contribution >= 4 is 38.8 Å². The highest BCUT2D eigenvalue weighted by atomic mass is 35.5. The fraction of sp³-hybridized carbons (Fsp3) is 0.300. The Hall–Kier alpha value is -2.71. The summed E-state index contributed by atoms with van der Waals surface area (Å²) in [6, 6.07) is 3.81. The Kier molecular flexibility index (Phi) is 3.79. The molecule has 7 nitrogen and oxygen atoms in total. The van der Waals surface area contributed by atoms with Crippen molar-refractivity contribution in [2.24, 2.45) is 5.92 Å². The Morgan fingerprint density at radius 3 is 3.14 bits per heavy atom. The van der Waals surface area contributed by atoms with Crippen LogP contribution in [0.1, 0.15) is 29.5 Å². The predicted molar refractivity (Wildman–Crippen MR) is 111 cm³/mol. The highest BCUT2D eigenvalue weighted by molar-refractivity contribution is 7.19. The fourth-order valence-electron chi connectivity index (χ4n) is 4.01. The van der Waals surface area contributed by atoms with Gasteiger partial charge in [0.2, 0.25) is 5.82 Å². The lowest BCUT2D eigenvalue weighted by Gasteiger charge is -2.17. The number of aromatic nitrogens is 6. The zero-order valence-electron chi connectivity index (χ0n) is 15.7. The van der Waals surface area contributed by atoms with E-state index in [-0.39, 0.29) is 0 Å². The van der Waals surface area contributed by atoms with Gasteiger partial charge in [-0.15, -0.1) is 16.4 Å². The van der Waals surface area contributed by atoms with E-state index in [2.05, 4.69) is 22.1 Å². The van der Waals surface area contributed by atoms with E-state index in [0.29, 0.717) is 23.2 Å². The normalized spacial score (nSPS) is 16.7. The van der Waals surface area contributed by atoms with Gasteiger partial charge in [0.25, 0.3) is 0 Å². The first-order valence-corrected chi connectivity index (χ1v) is 10.8. The van der Waals surface area contributed by atoms with Crippen molar-refractivity contribution in [2.45, 2.75) is 32.7 Å². The summed E-state index contributed by atoms with van der Waals surface area (Å²) in [4.78, 5) is 11.9. The van der Waals surface area contributed by atoms with Crippen LogP contribution >= 0.6 is 22.9 Å². The third kappa shape index (κ3) is 2.86. The molecule has 29 heavy (non-hydrogen) atoms. The van der Waals surface area contributed by atoms with E-state index in [1.165, 1.54) is 16.9 Å². The lowest BCUT2D eigenvalue weighted by molar-refractivity contribution is 0.487. The van der Waals surface area contributed by atoms with Crippen molar-refractivity contribution in [3.8, 4) is 11.6 Å². The van der Waals surface area contributed by atoms with Crippen LogP contribution in [-0.4, -0.2) is 29.4 Å². The number of hydrogen-bond acceptors (Lipinski definition) is 6. The lowest BCUT2D eigenvalue weighted by Crippen LogP contribution is -2.08. The van der Waals surface area contributed by atoms with E-state index in [9.17, 15) is 0 Å². The van der Waals surface area contributed by atoms with Crippen molar-refractivity contribution in [3.63, 3.8) is 0 Å². The third-order valence-electron chi connectivity index (χ3n) is 5.43. The second kappa shape index (κ2) is 6.40. The monoisotopic (exact) mass is 424 g/mol. The number of aryl methyl sites for hydroxylation is 1. The highest BCUT2D eigenvalue weighted by Gasteiger charge is 2.24. The summed E-state index contributed by atoms with van der Waals surface area (Å²) >= 11 is 7.72. The molecule has 0 aliphatic heterocycles. The van der Waals surface area contributed by atoms with Gasteiger partial charge in [0.05, 0.1) is 23.2 Å². The van der Waals surface area contributed by atoms with Gasteiger partial charge in [0.1, 0.15) is 16.9 Å². The van der Waals surface area contributed by atoms with E-state index >= 15 is 0 Å². The van der Waals surface area contributed by atoms with E-state index in [0.717, 1.165) is 40.4 Å². The van der Waals surface area contributed by atoms with Gasteiger partial charge in [-0.05, 0) is 42.9 Å². The summed E-state index contributed by atoms with van der Waals surface area (Å²) in [6.45, 7) is 2.82. The van der Waals surface area contributed by atoms with Crippen LogP contribution in [0.5, 0.6) is 0 Å². The average molecular weight is 425 g/mol. The van der Waals surface area contributed by atoms with E-state index in [4.69, 9.17) is 21.0 Å². The van der Waals surface area contributed by atoms with Crippen molar-refractivity contribution in [1.82, 2.24) is 29.4 Å². The first kappa shape index (κ1) is 17.2. The molecule has 146 valence electrons. The van der Waals surface area contributed by atoms with Gasteiger partial charge in [-0.1, -0.05) is 18.5 Å². The first-order chi connectivity index (χ1) is 14.1. The molecule has 0 radical (unpaired) electrons. The van der Waals surface area contributed by atoms with Gasteiger partial charge >= 0.3 is 0 Å². The zero-order valence-corrected chi connectivity index (χ0v) is 17.2. The van der Waals surface area contributed by atoms with Crippen LogP contribution in [0.25, 0.3) is 27.4 Å². The van der Waals surface area contributed by atoms with Crippen LogP contribution < -0.4 is 0 Å². The molecular weight excluding hydrogens is 408 g/mol. The van der Waals surface area contributed by atoms with Gasteiger partial charge in [0.15, 0.2) is 11.4 Å². The molecule has 1 unspecified atom stereocenters. The molecule has 1 aliphatic rings. The van der Waals surface area contributed by atoms with Gasteiger partial charge in [0, 0.05) is 11.1 Å². The number of hydrogen-bond donors (Lipinski definition) is 0. The smallest absolute Gasteiger partial charge is 0.217 e. The summed E-state index contributed by atoms with van der Waals surface area (Å²) in [7, 11) is 0. The molecule has 5 heterocycles. The van der Waals surface area contributed by atoms with Crippen LogP contribution in [0, 0.1) is 5.92 Å². The number of furan rings is 1. The minimum absolute atomic E-state index is 0.502. The molecular formula is C20H17ClN6OS. The second-order valence-electron chi connectivity index (χ2n) is 7.60. The van der Waals surface area contributed by atoms with E-state index in [1.807, 2.05) is 12.1 Å². The number of nitrogens with zero attached hydrogens (tertiary/aromatic N) is 6. The molecule has 0 spiro atoms. The van der Waals surface area contributed by atoms with Crippen LogP contribution in [0.2, 0.25) is 5.02 Å². The van der Waals surface area contributed by atoms with Gasteiger partial charge in [-0.25, -0.2) is 14.5 Å². The molecule has 0 bridgehead atoms. The predicted octanol–water partition coefficient (Wildman–Crippen LogP) is 4.62. The first-order valence-electron chi connectivity index (χ1n) is 9.57. The summed E-state index contributed by atoms with van der Waals surface area (Å²) < 4.78 is 9.47. The van der Waals surface area contributed by atoms with Crippen molar-refractivity contribution < 1.29 is 4.42 Å². The molecule has 0 N–H and O–H groups in total. The van der Waals surface area contributed by atoms with Gasteiger partial charge in [-0.2, -0.15) is 5.10 Å². The molecule has 0 amide bonds. The number of halogens is 1. The Bertz CT molecular complexity index is 1360. The molecule has 0 aromatic carbocycles. The Morgan fingerprint density at radius 1 is 1.34 bits per heavy atom. The molecule has 0 fully saturated rings. The number of thiophene rings is 1. The molecule has 9 heteroatoms. The Morgan fingerprint density at radius 2 is 2.28 bits per heavy atom. The van der Waals surface area contributed by atoms with Crippen molar-refractivity contribution in [3.05, 3.63) is 52.1 Å². The highest BCUT2D eigenvalue weighted by Crippen LogP contribution is 2.38. The lowest BCUT2D eigenvalue weighted by atomic mass is 9.89. The van der Waals surface area contributed by atoms with E-state index in [1.54, 1.807) is 39.3 Å². The molecule has 1 atom stereocenters. The molecule has 0 saturated carbocycles. The number of rotatable bonds is 3. The van der Waals surface area contributed by atoms with Crippen LogP contribution in [-0.2, 0) is 19.4 Å². The summed E-state index contributed by atoms with van der Waals surface area (Å²) in [6.07, 6.45) is 8.53. The number of fused-ring (bicyclic) bond motifs is 5. The summed E-state index contributed by atoms with van der Waals surface area (Å²) in [5, 5.41) is 10.5. The minimum atomic E-state index is 0.502. The SMILES string of the molecule is CC1CCc2c(sc3ncn4nc(-c5ccc(Cn6cc(Cl)cn6)o5)nc4c23)C1. The van der Waals surface area contributed by atoms with Crippen molar-refractivity contribution in [2.75, 3.05) is 0 Å². The Balaban J connectivity index is 1.41. The molecule has 0 saturated heterocycles. The van der Waals surface area contributed by atoms with Crippen LogP contribution in [0.4, 0.5) is 0 Å². The topological polar surface area (TPSA) is 74.0 Å². The van der Waals surface area contributed by atoms with Gasteiger partial charge < -0.3 is 4.42 Å². The third-order valence-corrected chi connectivity index (χ3v) is 6.79. The largest absolute Gasteiger partial charge is 0.456 e. The van der Waals surface area contributed by atoms with E-state index < -0.39 is 0 Å².